The molecule has 1 aromatic heterocycles. The molecule has 0 unspecified atom stereocenters. The third-order valence-corrected chi connectivity index (χ3v) is 3.97. The van der Waals surface area contributed by atoms with Crippen molar-refractivity contribution in [1.29, 1.82) is 0 Å². The molecule has 5 heteroatoms. The fourth-order valence-corrected chi connectivity index (χ4v) is 2.65. The Labute approximate surface area is 138 Å². The summed E-state index contributed by atoms with van der Waals surface area (Å²) in [6, 6.07) is 7.87. The number of hydrogen-bond donors (Lipinski definition) is 1. The van der Waals surface area contributed by atoms with Crippen LogP contribution in [0.1, 0.15) is 57.8 Å². The smallest absolute Gasteiger partial charge is 0.119 e. The predicted molar refractivity (Wildman–Crippen MR) is 90.9 cm³/mol. The molecule has 5 nitrogen and oxygen atoms in total. The van der Waals surface area contributed by atoms with Gasteiger partial charge in [0.15, 0.2) is 0 Å². The lowest BCUT2D eigenvalue weighted by atomic mass is 9.97. The van der Waals surface area contributed by atoms with Crippen LogP contribution in [0.15, 0.2) is 24.3 Å². The largest absolute Gasteiger partial charge is 0.493 e. The Hall–Kier alpha value is -1.88. The molecular weight excluding hydrogens is 290 g/mol. The molecule has 0 saturated carbocycles. The first kappa shape index (κ1) is 17.5. The molecule has 0 aliphatic rings. The van der Waals surface area contributed by atoms with Crippen molar-refractivity contribution in [2.45, 2.75) is 53.1 Å². The van der Waals surface area contributed by atoms with Crippen molar-refractivity contribution in [3.05, 3.63) is 35.7 Å². The van der Waals surface area contributed by atoms with Gasteiger partial charge in [0.25, 0.3) is 0 Å². The van der Waals surface area contributed by atoms with Gasteiger partial charge in [-0.15, -0.1) is 5.10 Å². The minimum atomic E-state index is -0.0819. The number of rotatable bonds is 8. The topological polar surface area (TPSA) is 60.2 Å². The molecule has 2 rings (SSSR count). The van der Waals surface area contributed by atoms with E-state index >= 15 is 0 Å². The van der Waals surface area contributed by atoms with Gasteiger partial charge in [-0.1, -0.05) is 32.9 Å². The maximum atomic E-state index is 9.55. The summed E-state index contributed by atoms with van der Waals surface area (Å²) in [4.78, 5) is 0. The summed E-state index contributed by atoms with van der Waals surface area (Å²) in [5.41, 5.74) is 2.61. The van der Waals surface area contributed by atoms with Crippen LogP contribution in [-0.2, 0) is 6.61 Å². The van der Waals surface area contributed by atoms with E-state index < -0.39 is 0 Å². The highest BCUT2D eigenvalue weighted by Gasteiger charge is 2.20. The molecular formula is C18H27N3O2. The van der Waals surface area contributed by atoms with Gasteiger partial charge in [-0.05, 0) is 43.0 Å². The molecule has 0 bridgehead atoms. The molecule has 0 amide bonds. The van der Waals surface area contributed by atoms with Gasteiger partial charge in [0, 0.05) is 5.92 Å². The van der Waals surface area contributed by atoms with Crippen LogP contribution in [0.2, 0.25) is 0 Å². The molecule has 0 saturated heterocycles. The number of benzene rings is 1. The van der Waals surface area contributed by atoms with Gasteiger partial charge in [0.1, 0.15) is 11.4 Å². The summed E-state index contributed by atoms with van der Waals surface area (Å²) in [6.45, 7) is 9.17. The standard InChI is InChI=1S/C18H27N3O2/c1-5-14(6-2)18-17(11-22)19-20-21(18)15-7-9-16(10-8-15)23-12-13(3)4/h7-10,13-14,22H,5-6,11-12H2,1-4H3. The Kier molecular flexibility index (Phi) is 6.16. The summed E-state index contributed by atoms with van der Waals surface area (Å²) in [7, 11) is 0. The zero-order chi connectivity index (χ0) is 16.8. The third-order valence-electron chi connectivity index (χ3n) is 3.97. The lowest BCUT2D eigenvalue weighted by Crippen LogP contribution is -2.09. The van der Waals surface area contributed by atoms with Crippen molar-refractivity contribution in [3.8, 4) is 11.4 Å². The van der Waals surface area contributed by atoms with Gasteiger partial charge in [-0.3, -0.25) is 0 Å². The second-order valence-corrected chi connectivity index (χ2v) is 6.20. The Morgan fingerprint density at radius 3 is 2.30 bits per heavy atom. The van der Waals surface area contributed by atoms with Crippen LogP contribution < -0.4 is 4.74 Å². The van der Waals surface area contributed by atoms with Crippen LogP contribution >= 0.6 is 0 Å². The molecule has 1 N–H and O–H groups in total. The van der Waals surface area contributed by atoms with Gasteiger partial charge in [-0.25, -0.2) is 4.68 Å². The van der Waals surface area contributed by atoms with Gasteiger partial charge in [0.2, 0.25) is 0 Å². The Morgan fingerprint density at radius 2 is 1.78 bits per heavy atom. The first-order valence-electron chi connectivity index (χ1n) is 8.39. The number of aromatic nitrogens is 3. The van der Waals surface area contributed by atoms with E-state index in [4.69, 9.17) is 4.74 Å². The highest BCUT2D eigenvalue weighted by Crippen LogP contribution is 2.28. The van der Waals surface area contributed by atoms with Crippen molar-refractivity contribution in [1.82, 2.24) is 15.0 Å². The third kappa shape index (κ3) is 4.10. The van der Waals surface area contributed by atoms with Crippen LogP contribution in [0.4, 0.5) is 0 Å². The quantitative estimate of drug-likeness (QED) is 0.806. The van der Waals surface area contributed by atoms with Gasteiger partial charge in [0.05, 0.1) is 24.6 Å². The molecule has 0 atom stereocenters. The first-order valence-corrected chi connectivity index (χ1v) is 8.39. The lowest BCUT2D eigenvalue weighted by molar-refractivity contribution is 0.271. The fourth-order valence-electron chi connectivity index (χ4n) is 2.65. The van der Waals surface area contributed by atoms with E-state index in [0.29, 0.717) is 24.1 Å². The lowest BCUT2D eigenvalue weighted by Gasteiger charge is -2.16. The van der Waals surface area contributed by atoms with E-state index in [1.807, 2.05) is 28.9 Å². The van der Waals surface area contributed by atoms with Crippen molar-refractivity contribution < 1.29 is 9.84 Å². The molecule has 126 valence electrons. The molecule has 0 radical (unpaired) electrons. The van der Waals surface area contributed by atoms with E-state index in [9.17, 15) is 5.11 Å². The normalized spacial score (nSPS) is 11.4. The van der Waals surface area contributed by atoms with Crippen molar-refractivity contribution in [2.24, 2.45) is 5.92 Å². The molecule has 0 aliphatic heterocycles. The van der Waals surface area contributed by atoms with Gasteiger partial charge >= 0.3 is 0 Å². The summed E-state index contributed by atoms with van der Waals surface area (Å²) in [6.07, 6.45) is 1.99. The molecule has 1 aromatic carbocycles. The predicted octanol–water partition coefficient (Wildman–Crippen LogP) is 3.70. The highest BCUT2D eigenvalue weighted by atomic mass is 16.5. The second-order valence-electron chi connectivity index (χ2n) is 6.20. The summed E-state index contributed by atoms with van der Waals surface area (Å²) in [5, 5.41) is 17.9. The molecule has 0 spiro atoms. The fraction of sp³-hybridized carbons (Fsp3) is 0.556. The Balaban J connectivity index is 2.29. The van der Waals surface area contributed by atoms with Crippen molar-refractivity contribution >= 4 is 0 Å². The van der Waals surface area contributed by atoms with Gasteiger partial charge in [-0.2, -0.15) is 0 Å². The average molecular weight is 317 g/mol. The molecule has 0 fully saturated rings. The summed E-state index contributed by atoms with van der Waals surface area (Å²) >= 11 is 0. The number of hydrogen-bond acceptors (Lipinski definition) is 4. The Morgan fingerprint density at radius 1 is 1.13 bits per heavy atom. The second kappa shape index (κ2) is 8.11. The number of nitrogens with zero attached hydrogens (tertiary/aromatic N) is 3. The number of ether oxygens (including phenoxy) is 1. The minimum absolute atomic E-state index is 0.0819. The zero-order valence-corrected chi connectivity index (χ0v) is 14.5. The number of aliphatic hydroxyl groups excluding tert-OH is 1. The zero-order valence-electron chi connectivity index (χ0n) is 14.5. The first-order chi connectivity index (χ1) is 11.1. The van der Waals surface area contributed by atoms with Gasteiger partial charge < -0.3 is 9.84 Å². The van der Waals surface area contributed by atoms with Crippen molar-refractivity contribution in [2.75, 3.05) is 6.61 Å². The van der Waals surface area contributed by atoms with E-state index in [2.05, 4.69) is 38.0 Å². The maximum Gasteiger partial charge on any atom is 0.119 e. The van der Waals surface area contributed by atoms with Crippen LogP contribution in [0.3, 0.4) is 0 Å². The van der Waals surface area contributed by atoms with Crippen LogP contribution in [0.5, 0.6) is 5.75 Å². The van der Waals surface area contributed by atoms with E-state index in [0.717, 1.165) is 30.0 Å². The minimum Gasteiger partial charge on any atom is -0.493 e. The van der Waals surface area contributed by atoms with E-state index in [1.165, 1.54) is 0 Å². The van der Waals surface area contributed by atoms with Crippen LogP contribution in [-0.4, -0.2) is 26.7 Å². The molecule has 0 aliphatic carbocycles. The molecule has 1 heterocycles. The summed E-state index contributed by atoms with van der Waals surface area (Å²) in [5.74, 6) is 1.69. The number of aliphatic hydroxyl groups is 1. The summed E-state index contributed by atoms with van der Waals surface area (Å²) < 4.78 is 7.56. The van der Waals surface area contributed by atoms with Crippen LogP contribution in [0, 0.1) is 5.92 Å². The highest BCUT2D eigenvalue weighted by molar-refractivity contribution is 5.39. The van der Waals surface area contributed by atoms with Crippen LogP contribution in [0.25, 0.3) is 5.69 Å². The average Bonchev–Trinajstić information content (AvgIpc) is 2.98. The monoisotopic (exact) mass is 317 g/mol. The van der Waals surface area contributed by atoms with E-state index in [1.54, 1.807) is 0 Å². The maximum absolute atomic E-state index is 9.55. The SMILES string of the molecule is CCC(CC)c1c(CO)nnn1-c1ccc(OCC(C)C)cc1. The van der Waals surface area contributed by atoms with E-state index in [-0.39, 0.29) is 6.61 Å². The molecule has 23 heavy (non-hydrogen) atoms. The molecule has 2 aromatic rings. The van der Waals surface area contributed by atoms with Crippen molar-refractivity contribution in [3.63, 3.8) is 0 Å². The Bertz CT molecular complexity index is 601.